The number of nitriles is 1. The minimum absolute atomic E-state index is 0.221. The summed E-state index contributed by atoms with van der Waals surface area (Å²) in [6.45, 7) is 0. The van der Waals surface area contributed by atoms with Crippen LogP contribution in [-0.4, -0.2) is 11.0 Å². The predicted molar refractivity (Wildman–Crippen MR) is 74.6 cm³/mol. The van der Waals surface area contributed by atoms with Gasteiger partial charge in [-0.3, -0.25) is 0 Å². The summed E-state index contributed by atoms with van der Waals surface area (Å²) < 4.78 is 27.4. The van der Waals surface area contributed by atoms with Crippen LogP contribution >= 0.6 is 0 Å². The number of rotatable bonds is 1. The second-order valence-corrected chi connectivity index (χ2v) is 5.13. The number of aliphatic hydroxyl groups excluding tert-OH is 1. The summed E-state index contributed by atoms with van der Waals surface area (Å²) >= 11 is 0. The van der Waals surface area contributed by atoms with Crippen LogP contribution in [0.15, 0.2) is 36.4 Å². The number of nitrogens with zero attached hydrogens (tertiary/aromatic N) is 1. The number of benzene rings is 2. The van der Waals surface area contributed by atoms with E-state index in [4.69, 9.17) is 11.0 Å². The van der Waals surface area contributed by atoms with Crippen molar-refractivity contribution in [2.75, 3.05) is 5.73 Å². The molecule has 2 aromatic rings. The van der Waals surface area contributed by atoms with Crippen molar-refractivity contribution >= 4 is 5.69 Å². The molecule has 0 saturated heterocycles. The minimum atomic E-state index is -3.17. The minimum Gasteiger partial charge on any atom is -0.398 e. The van der Waals surface area contributed by atoms with Crippen LogP contribution < -0.4 is 5.73 Å². The summed E-state index contributed by atoms with van der Waals surface area (Å²) in [7, 11) is 0. The van der Waals surface area contributed by atoms with E-state index in [2.05, 4.69) is 0 Å². The van der Waals surface area contributed by atoms with Gasteiger partial charge in [0.2, 0.25) is 0 Å². The lowest BCUT2D eigenvalue weighted by Crippen LogP contribution is -2.21. The van der Waals surface area contributed by atoms with Crippen molar-refractivity contribution in [1.29, 1.82) is 5.26 Å². The molecule has 1 atom stereocenters. The third-order valence-electron chi connectivity index (χ3n) is 3.77. The molecular formula is C16H12F2N2O. The number of hydrogen-bond acceptors (Lipinski definition) is 3. The predicted octanol–water partition coefficient (Wildman–Crippen LogP) is 3.03. The fraction of sp³-hybridized carbons (Fsp3) is 0.188. The fourth-order valence-corrected chi connectivity index (χ4v) is 2.76. The van der Waals surface area contributed by atoms with Crippen LogP contribution in [0.4, 0.5) is 14.5 Å². The summed E-state index contributed by atoms with van der Waals surface area (Å²) in [5.41, 5.74) is 8.31. The quantitative estimate of drug-likeness (QED) is 0.792. The molecule has 0 spiro atoms. The molecule has 0 aliphatic heterocycles. The van der Waals surface area contributed by atoms with Gasteiger partial charge < -0.3 is 10.8 Å². The van der Waals surface area contributed by atoms with Gasteiger partial charge in [0.1, 0.15) is 6.10 Å². The number of alkyl halides is 2. The van der Waals surface area contributed by atoms with Gasteiger partial charge in [-0.05, 0) is 28.8 Å². The smallest absolute Gasteiger partial charge is 0.281 e. The number of nitrogen functional groups attached to an aromatic ring is 1. The Morgan fingerprint density at radius 2 is 2.00 bits per heavy atom. The molecule has 3 nitrogen and oxygen atoms in total. The molecule has 3 rings (SSSR count). The van der Waals surface area contributed by atoms with Crippen LogP contribution in [-0.2, 0) is 6.42 Å². The van der Waals surface area contributed by atoms with Gasteiger partial charge in [-0.15, -0.1) is 0 Å². The van der Waals surface area contributed by atoms with Crippen molar-refractivity contribution in [3.63, 3.8) is 0 Å². The Balaban J connectivity index is 2.19. The van der Waals surface area contributed by atoms with Gasteiger partial charge in [-0.1, -0.05) is 24.3 Å². The van der Waals surface area contributed by atoms with E-state index in [-0.39, 0.29) is 5.56 Å². The van der Waals surface area contributed by atoms with Crippen molar-refractivity contribution in [2.24, 2.45) is 0 Å². The van der Waals surface area contributed by atoms with Gasteiger partial charge in [-0.25, -0.2) is 8.78 Å². The normalized spacial score (nSPS) is 19.0. The maximum absolute atomic E-state index is 13.7. The summed E-state index contributed by atoms with van der Waals surface area (Å²) in [6.07, 6.45) is -2.31. The van der Waals surface area contributed by atoms with Crippen LogP contribution in [0.2, 0.25) is 0 Å². The fourth-order valence-electron chi connectivity index (χ4n) is 2.76. The number of anilines is 1. The molecule has 0 radical (unpaired) electrons. The van der Waals surface area contributed by atoms with Gasteiger partial charge in [0.05, 0.1) is 11.6 Å². The first-order valence-corrected chi connectivity index (χ1v) is 6.41. The zero-order chi connectivity index (χ0) is 15.2. The molecule has 5 heteroatoms. The number of aliphatic hydroxyl groups is 1. The summed E-state index contributed by atoms with van der Waals surface area (Å²) in [5.74, 6) is -3.17. The average Bonchev–Trinajstić information content (AvgIpc) is 2.69. The molecule has 0 fully saturated rings. The van der Waals surface area contributed by atoms with E-state index in [9.17, 15) is 13.9 Å². The number of hydrogen-bond donors (Lipinski definition) is 2. The third-order valence-corrected chi connectivity index (χ3v) is 3.77. The molecule has 0 amide bonds. The second-order valence-electron chi connectivity index (χ2n) is 5.13. The van der Waals surface area contributed by atoms with Crippen molar-refractivity contribution < 1.29 is 13.9 Å². The van der Waals surface area contributed by atoms with E-state index in [1.165, 1.54) is 6.07 Å². The Morgan fingerprint density at radius 3 is 2.67 bits per heavy atom. The molecule has 3 N–H and O–H groups in total. The Hall–Kier alpha value is -2.45. The van der Waals surface area contributed by atoms with Crippen LogP contribution in [0, 0.1) is 11.3 Å². The molecule has 0 heterocycles. The Morgan fingerprint density at radius 1 is 1.24 bits per heavy atom. The molecule has 1 aliphatic rings. The highest BCUT2D eigenvalue weighted by Crippen LogP contribution is 2.47. The Kier molecular flexibility index (Phi) is 2.92. The Bertz CT molecular complexity index is 765. The molecule has 0 bridgehead atoms. The largest absolute Gasteiger partial charge is 0.398 e. The maximum Gasteiger partial charge on any atom is 0.281 e. The first-order chi connectivity index (χ1) is 9.94. The first kappa shape index (κ1) is 13.5. The van der Waals surface area contributed by atoms with Gasteiger partial charge in [0.25, 0.3) is 5.92 Å². The molecule has 2 aromatic carbocycles. The second kappa shape index (κ2) is 4.54. The monoisotopic (exact) mass is 286 g/mol. The molecule has 21 heavy (non-hydrogen) atoms. The highest BCUT2D eigenvalue weighted by molar-refractivity contribution is 5.81. The standard InChI is InChI=1S/C16H12F2N2O/c17-16(18)7-10-2-1-3-12(14(10)15(16)21)11-5-4-9(8-19)6-13(11)20/h1-6,15,21H,7,20H2. The van der Waals surface area contributed by atoms with Gasteiger partial charge in [0.15, 0.2) is 0 Å². The zero-order valence-corrected chi connectivity index (χ0v) is 11.0. The average molecular weight is 286 g/mol. The first-order valence-electron chi connectivity index (χ1n) is 6.41. The van der Waals surface area contributed by atoms with Crippen molar-refractivity contribution in [1.82, 2.24) is 0 Å². The van der Waals surface area contributed by atoms with E-state index < -0.39 is 18.4 Å². The van der Waals surface area contributed by atoms with E-state index in [1.807, 2.05) is 6.07 Å². The van der Waals surface area contributed by atoms with Gasteiger partial charge in [0, 0.05) is 17.7 Å². The number of halogens is 2. The van der Waals surface area contributed by atoms with Crippen LogP contribution in [0.3, 0.4) is 0 Å². The molecule has 1 aliphatic carbocycles. The number of fused-ring (bicyclic) bond motifs is 1. The molecular weight excluding hydrogens is 274 g/mol. The highest BCUT2D eigenvalue weighted by atomic mass is 19.3. The van der Waals surface area contributed by atoms with E-state index >= 15 is 0 Å². The van der Waals surface area contributed by atoms with Crippen LogP contribution in [0.25, 0.3) is 11.1 Å². The zero-order valence-electron chi connectivity index (χ0n) is 11.0. The van der Waals surface area contributed by atoms with Gasteiger partial charge in [-0.2, -0.15) is 5.26 Å². The highest BCUT2D eigenvalue weighted by Gasteiger charge is 2.47. The van der Waals surface area contributed by atoms with Crippen LogP contribution in [0.5, 0.6) is 0 Å². The molecule has 1 unspecified atom stereocenters. The summed E-state index contributed by atoms with van der Waals surface area (Å²) in [4.78, 5) is 0. The molecule has 0 saturated carbocycles. The van der Waals surface area contributed by atoms with Crippen molar-refractivity contribution in [3.8, 4) is 17.2 Å². The lowest BCUT2D eigenvalue weighted by Gasteiger charge is -2.17. The summed E-state index contributed by atoms with van der Waals surface area (Å²) in [5, 5.41) is 18.7. The van der Waals surface area contributed by atoms with Crippen LogP contribution in [0.1, 0.15) is 22.8 Å². The Labute approximate surface area is 120 Å². The van der Waals surface area contributed by atoms with E-state index in [0.717, 1.165) is 0 Å². The van der Waals surface area contributed by atoms with E-state index in [1.54, 1.807) is 30.3 Å². The van der Waals surface area contributed by atoms with Crippen molar-refractivity contribution in [2.45, 2.75) is 18.4 Å². The SMILES string of the molecule is N#Cc1ccc(-c2cccc3c2C(O)C(F)(F)C3)c(N)c1. The third kappa shape index (κ3) is 2.05. The van der Waals surface area contributed by atoms with E-state index in [0.29, 0.717) is 27.9 Å². The lowest BCUT2D eigenvalue weighted by molar-refractivity contribution is -0.0966. The summed E-state index contributed by atoms with van der Waals surface area (Å²) in [6, 6.07) is 11.6. The maximum atomic E-state index is 13.7. The lowest BCUT2D eigenvalue weighted by atomic mass is 9.94. The molecule has 106 valence electrons. The van der Waals surface area contributed by atoms with Gasteiger partial charge >= 0.3 is 0 Å². The molecule has 0 aromatic heterocycles. The topological polar surface area (TPSA) is 70.0 Å². The van der Waals surface area contributed by atoms with Crippen molar-refractivity contribution in [3.05, 3.63) is 53.1 Å². The number of nitrogens with two attached hydrogens (primary N) is 1.